The predicted molar refractivity (Wildman–Crippen MR) is 85.4 cm³/mol. The summed E-state index contributed by atoms with van der Waals surface area (Å²) >= 11 is 0. The minimum absolute atomic E-state index is 0.1000. The Morgan fingerprint density at radius 1 is 1.30 bits per heavy atom. The van der Waals surface area contributed by atoms with E-state index in [1.807, 2.05) is 31.2 Å². The number of rotatable bonds is 3. The lowest BCUT2D eigenvalue weighted by Crippen LogP contribution is -2.34. The average Bonchev–Trinajstić information content (AvgIpc) is 2.92. The van der Waals surface area contributed by atoms with Crippen LogP contribution in [0.5, 0.6) is 0 Å². The zero-order valence-corrected chi connectivity index (χ0v) is 13.1. The topological polar surface area (TPSA) is 81.2 Å². The van der Waals surface area contributed by atoms with Crippen LogP contribution in [0.3, 0.4) is 0 Å². The van der Waals surface area contributed by atoms with Crippen LogP contribution in [0.25, 0.3) is 11.1 Å². The molecule has 0 radical (unpaired) electrons. The number of carbonyl (C=O) groups excluding carboxylic acids is 1. The number of anilines is 1. The monoisotopic (exact) mass is 312 g/mol. The van der Waals surface area contributed by atoms with Crippen molar-refractivity contribution >= 4 is 22.7 Å². The number of benzene rings is 1. The Labute approximate surface area is 132 Å². The lowest BCUT2D eigenvalue weighted by molar-refractivity contribution is -0.118. The molecule has 0 saturated heterocycles. The Hall–Kier alpha value is -2.96. The molecule has 0 unspecified atom stereocenters. The quantitative estimate of drug-likeness (QED) is 0.734. The molecular formula is C16H16N4O3. The van der Waals surface area contributed by atoms with E-state index in [1.165, 1.54) is 15.8 Å². The van der Waals surface area contributed by atoms with Crippen molar-refractivity contribution in [2.24, 2.45) is 0 Å². The summed E-state index contributed by atoms with van der Waals surface area (Å²) < 4.78 is 6.22. The van der Waals surface area contributed by atoms with Crippen LogP contribution in [0.1, 0.15) is 11.3 Å². The van der Waals surface area contributed by atoms with Gasteiger partial charge in [-0.2, -0.15) is 0 Å². The van der Waals surface area contributed by atoms with Gasteiger partial charge >= 0.3 is 0 Å². The molecular weight excluding hydrogens is 296 g/mol. The standard InChI is InChI=1S/C16H16N4O3/c1-10-6-4-5-7-12(10)19(3)13(21)8-20-9-17-15-14(16(20)22)11(2)18-23-15/h4-7,9H,8H2,1-3H3. The number of hydrogen-bond donors (Lipinski definition) is 0. The van der Waals surface area contributed by atoms with Gasteiger partial charge in [0.15, 0.2) is 0 Å². The van der Waals surface area contributed by atoms with E-state index in [9.17, 15) is 9.59 Å². The number of nitrogens with zero attached hydrogens (tertiary/aromatic N) is 4. The molecule has 0 bridgehead atoms. The molecule has 1 amide bonds. The number of aryl methyl sites for hydroxylation is 2. The fraction of sp³-hybridized carbons (Fsp3) is 0.250. The van der Waals surface area contributed by atoms with Crippen LogP contribution >= 0.6 is 0 Å². The number of amides is 1. The molecule has 0 fully saturated rings. The molecule has 2 heterocycles. The maximum Gasteiger partial charge on any atom is 0.267 e. The third-order valence-corrected chi connectivity index (χ3v) is 3.79. The lowest BCUT2D eigenvalue weighted by Gasteiger charge is -2.19. The Morgan fingerprint density at radius 3 is 2.78 bits per heavy atom. The molecule has 3 rings (SSSR count). The maximum atomic E-state index is 12.5. The molecule has 0 aliphatic heterocycles. The van der Waals surface area contributed by atoms with Crippen LogP contribution < -0.4 is 10.5 Å². The number of likely N-dealkylation sites (N-methyl/N-ethyl adjacent to an activating group) is 1. The predicted octanol–water partition coefficient (Wildman–Crippen LogP) is 1.66. The third kappa shape index (κ3) is 2.61. The molecule has 0 aliphatic carbocycles. The average molecular weight is 312 g/mol. The fourth-order valence-electron chi connectivity index (χ4n) is 2.45. The van der Waals surface area contributed by atoms with Gasteiger partial charge in [-0.05, 0) is 25.5 Å². The molecule has 1 aromatic carbocycles. The van der Waals surface area contributed by atoms with Crippen LogP contribution in [0.15, 0.2) is 39.9 Å². The van der Waals surface area contributed by atoms with Crippen molar-refractivity contribution in [1.82, 2.24) is 14.7 Å². The van der Waals surface area contributed by atoms with Crippen LogP contribution in [0.4, 0.5) is 5.69 Å². The zero-order chi connectivity index (χ0) is 16.6. The van der Waals surface area contributed by atoms with E-state index < -0.39 is 0 Å². The van der Waals surface area contributed by atoms with E-state index in [4.69, 9.17) is 4.52 Å². The molecule has 0 saturated carbocycles. The number of hydrogen-bond acceptors (Lipinski definition) is 5. The Balaban J connectivity index is 1.91. The molecule has 3 aromatic rings. The van der Waals surface area contributed by atoms with Crippen molar-refractivity contribution in [3.8, 4) is 0 Å². The second kappa shape index (κ2) is 5.68. The Bertz CT molecular complexity index is 942. The van der Waals surface area contributed by atoms with Gasteiger partial charge in [0.25, 0.3) is 11.3 Å². The van der Waals surface area contributed by atoms with E-state index >= 15 is 0 Å². The maximum absolute atomic E-state index is 12.5. The summed E-state index contributed by atoms with van der Waals surface area (Å²) in [6.07, 6.45) is 1.30. The van der Waals surface area contributed by atoms with E-state index in [2.05, 4.69) is 10.1 Å². The molecule has 0 N–H and O–H groups in total. The van der Waals surface area contributed by atoms with Gasteiger partial charge in [-0.15, -0.1) is 0 Å². The lowest BCUT2D eigenvalue weighted by atomic mass is 10.2. The smallest absolute Gasteiger partial charge is 0.267 e. The summed E-state index contributed by atoms with van der Waals surface area (Å²) in [6.45, 7) is 3.50. The van der Waals surface area contributed by atoms with Gasteiger partial charge in [-0.3, -0.25) is 14.2 Å². The first-order valence-electron chi connectivity index (χ1n) is 7.12. The van der Waals surface area contributed by atoms with Crippen LogP contribution in [-0.4, -0.2) is 27.7 Å². The summed E-state index contributed by atoms with van der Waals surface area (Å²) in [5, 5.41) is 4.03. The second-order valence-corrected chi connectivity index (χ2v) is 5.37. The van der Waals surface area contributed by atoms with Crippen molar-refractivity contribution in [3.05, 3.63) is 52.2 Å². The molecule has 118 valence electrons. The fourth-order valence-corrected chi connectivity index (χ4v) is 2.45. The normalized spacial score (nSPS) is 10.9. The van der Waals surface area contributed by atoms with Gasteiger partial charge < -0.3 is 9.42 Å². The number of carbonyl (C=O) groups is 1. The highest BCUT2D eigenvalue weighted by atomic mass is 16.5. The Morgan fingerprint density at radius 2 is 2.04 bits per heavy atom. The molecule has 0 spiro atoms. The highest BCUT2D eigenvalue weighted by Crippen LogP contribution is 2.18. The van der Waals surface area contributed by atoms with Gasteiger partial charge in [0.1, 0.15) is 18.3 Å². The summed E-state index contributed by atoms with van der Waals surface area (Å²) in [4.78, 5) is 30.5. The molecule has 2 aromatic heterocycles. The van der Waals surface area contributed by atoms with Gasteiger partial charge in [-0.1, -0.05) is 23.4 Å². The molecule has 0 atom stereocenters. The van der Waals surface area contributed by atoms with Crippen LogP contribution in [-0.2, 0) is 11.3 Å². The van der Waals surface area contributed by atoms with Gasteiger partial charge in [0, 0.05) is 12.7 Å². The zero-order valence-electron chi connectivity index (χ0n) is 13.1. The number of fused-ring (bicyclic) bond motifs is 1. The molecule has 7 nitrogen and oxygen atoms in total. The molecule has 7 heteroatoms. The van der Waals surface area contributed by atoms with Crippen LogP contribution in [0, 0.1) is 13.8 Å². The van der Waals surface area contributed by atoms with Crippen molar-refractivity contribution in [1.29, 1.82) is 0 Å². The summed E-state index contributed by atoms with van der Waals surface area (Å²) in [6, 6.07) is 7.57. The highest BCUT2D eigenvalue weighted by molar-refractivity contribution is 5.93. The van der Waals surface area contributed by atoms with Crippen molar-refractivity contribution in [2.45, 2.75) is 20.4 Å². The minimum Gasteiger partial charge on any atom is -0.335 e. The molecule has 23 heavy (non-hydrogen) atoms. The van der Waals surface area contributed by atoms with E-state index in [1.54, 1.807) is 14.0 Å². The van der Waals surface area contributed by atoms with Crippen molar-refractivity contribution in [2.75, 3.05) is 11.9 Å². The van der Waals surface area contributed by atoms with E-state index in [0.717, 1.165) is 11.3 Å². The van der Waals surface area contributed by atoms with Gasteiger partial charge in [-0.25, -0.2) is 4.98 Å². The highest BCUT2D eigenvalue weighted by Gasteiger charge is 2.17. The first-order chi connectivity index (χ1) is 11.0. The largest absolute Gasteiger partial charge is 0.335 e. The number of para-hydroxylation sites is 1. The first-order valence-corrected chi connectivity index (χ1v) is 7.12. The van der Waals surface area contributed by atoms with Gasteiger partial charge in [0.05, 0.1) is 5.69 Å². The second-order valence-electron chi connectivity index (χ2n) is 5.37. The minimum atomic E-state index is -0.333. The van der Waals surface area contributed by atoms with Crippen molar-refractivity contribution < 1.29 is 9.32 Å². The van der Waals surface area contributed by atoms with E-state index in [-0.39, 0.29) is 23.7 Å². The van der Waals surface area contributed by atoms with E-state index in [0.29, 0.717) is 11.1 Å². The SMILES string of the molecule is Cc1ccccc1N(C)C(=O)Cn1cnc2onc(C)c2c1=O. The number of aromatic nitrogens is 3. The summed E-state index contributed by atoms with van der Waals surface area (Å²) in [5.41, 5.74) is 2.11. The van der Waals surface area contributed by atoms with Crippen molar-refractivity contribution in [3.63, 3.8) is 0 Å². The van der Waals surface area contributed by atoms with Crippen LogP contribution in [0.2, 0.25) is 0 Å². The van der Waals surface area contributed by atoms with Gasteiger partial charge in [0.2, 0.25) is 5.91 Å². The summed E-state index contributed by atoms with van der Waals surface area (Å²) in [5.74, 6) is -0.211. The Kier molecular flexibility index (Phi) is 3.69. The first kappa shape index (κ1) is 15.0. The third-order valence-electron chi connectivity index (χ3n) is 3.79. The molecule has 0 aliphatic rings. The summed E-state index contributed by atoms with van der Waals surface area (Å²) in [7, 11) is 1.69.